The minimum absolute atomic E-state index is 0.269. The minimum atomic E-state index is -1.47. The fourth-order valence-electron chi connectivity index (χ4n) is 2.18. The van der Waals surface area contributed by atoms with E-state index in [0.29, 0.717) is 13.0 Å². The number of rotatable bonds is 3. The fourth-order valence-corrected chi connectivity index (χ4v) is 2.18. The molecule has 7 nitrogen and oxygen atoms in total. The quantitative estimate of drug-likeness (QED) is 0.714. The van der Waals surface area contributed by atoms with E-state index in [0.717, 1.165) is 0 Å². The largest absolute Gasteiger partial charge is 0.481 e. The third kappa shape index (κ3) is 3.61. The Bertz CT molecular complexity index is 415. The van der Waals surface area contributed by atoms with E-state index < -0.39 is 35.0 Å². The highest BCUT2D eigenvalue weighted by atomic mass is 16.6. The molecule has 2 amide bonds. The van der Waals surface area contributed by atoms with Crippen LogP contribution in [0, 0.1) is 5.92 Å². The predicted molar refractivity (Wildman–Crippen MR) is 71.1 cm³/mol. The summed E-state index contributed by atoms with van der Waals surface area (Å²) in [7, 11) is 0. The number of hydrogen-bond acceptors (Lipinski definition) is 4. The summed E-state index contributed by atoms with van der Waals surface area (Å²) in [5.41, 5.74) is -2.19. The van der Waals surface area contributed by atoms with E-state index >= 15 is 0 Å². The van der Waals surface area contributed by atoms with Crippen molar-refractivity contribution in [3.8, 4) is 0 Å². The van der Waals surface area contributed by atoms with Crippen LogP contribution in [0.25, 0.3) is 0 Å². The molecule has 0 aromatic rings. The van der Waals surface area contributed by atoms with E-state index in [2.05, 4.69) is 10.6 Å². The van der Waals surface area contributed by atoms with Crippen LogP contribution in [-0.2, 0) is 14.3 Å². The number of carboxylic acids is 1. The van der Waals surface area contributed by atoms with Crippen molar-refractivity contribution in [1.29, 1.82) is 0 Å². The van der Waals surface area contributed by atoms with Gasteiger partial charge in [0.15, 0.2) is 0 Å². The van der Waals surface area contributed by atoms with Gasteiger partial charge in [-0.25, -0.2) is 4.79 Å². The number of carboxylic acid groups (broad SMARTS) is 1. The predicted octanol–water partition coefficient (Wildman–Crippen LogP) is 0.881. The van der Waals surface area contributed by atoms with Gasteiger partial charge in [-0.05, 0) is 40.5 Å². The Balaban J connectivity index is 2.97. The van der Waals surface area contributed by atoms with Crippen molar-refractivity contribution in [3.63, 3.8) is 0 Å². The smallest absolute Gasteiger partial charge is 0.408 e. The molecule has 20 heavy (non-hydrogen) atoms. The summed E-state index contributed by atoms with van der Waals surface area (Å²) >= 11 is 0. The maximum absolute atomic E-state index is 12.1. The van der Waals surface area contributed by atoms with Gasteiger partial charge < -0.3 is 20.5 Å². The molecule has 0 spiro atoms. The minimum Gasteiger partial charge on any atom is -0.481 e. The molecule has 0 unspecified atom stereocenters. The zero-order chi connectivity index (χ0) is 15.6. The summed E-state index contributed by atoms with van der Waals surface area (Å²) in [4.78, 5) is 35.3. The van der Waals surface area contributed by atoms with Crippen molar-refractivity contribution >= 4 is 18.0 Å². The summed E-state index contributed by atoms with van der Waals surface area (Å²) in [6.07, 6.45) is 0.0766. The number of hydrogen-bond donors (Lipinski definition) is 3. The van der Waals surface area contributed by atoms with Crippen molar-refractivity contribution in [2.75, 3.05) is 6.54 Å². The number of nitrogens with one attached hydrogen (secondary N) is 2. The molecule has 0 aromatic heterocycles. The molecule has 3 N–H and O–H groups in total. The number of ether oxygens (including phenoxy) is 1. The SMILES string of the molecule is C[C@H](C(=O)O)[C@@]1(NC(=O)OC(C)(C)C)CCCNC1=O. The zero-order valence-corrected chi connectivity index (χ0v) is 12.3. The molecule has 1 aliphatic heterocycles. The van der Waals surface area contributed by atoms with Crippen LogP contribution in [0.1, 0.15) is 40.5 Å². The fraction of sp³-hybridized carbons (Fsp3) is 0.769. The average Bonchev–Trinajstić information content (AvgIpc) is 2.28. The van der Waals surface area contributed by atoms with E-state index in [9.17, 15) is 19.5 Å². The van der Waals surface area contributed by atoms with Crippen molar-refractivity contribution in [3.05, 3.63) is 0 Å². The molecule has 114 valence electrons. The van der Waals surface area contributed by atoms with Gasteiger partial charge in [-0.1, -0.05) is 0 Å². The van der Waals surface area contributed by atoms with Gasteiger partial charge in [0, 0.05) is 6.54 Å². The molecule has 0 radical (unpaired) electrons. The van der Waals surface area contributed by atoms with Gasteiger partial charge in [-0.15, -0.1) is 0 Å². The van der Waals surface area contributed by atoms with Crippen LogP contribution >= 0.6 is 0 Å². The summed E-state index contributed by atoms with van der Waals surface area (Å²) in [6.45, 7) is 6.97. The number of carbonyl (C=O) groups is 3. The lowest BCUT2D eigenvalue weighted by Crippen LogP contribution is -2.66. The molecule has 0 bridgehead atoms. The second-order valence-electron chi connectivity index (χ2n) is 6.02. The molecular formula is C13H22N2O5. The van der Waals surface area contributed by atoms with Crippen LogP contribution in [0.4, 0.5) is 4.79 Å². The molecule has 0 saturated carbocycles. The lowest BCUT2D eigenvalue weighted by atomic mass is 9.78. The Hall–Kier alpha value is -1.79. The van der Waals surface area contributed by atoms with Gasteiger partial charge in [0.05, 0.1) is 5.92 Å². The first-order valence-electron chi connectivity index (χ1n) is 6.61. The summed E-state index contributed by atoms with van der Waals surface area (Å²) < 4.78 is 5.12. The standard InChI is InChI=1S/C13H22N2O5/c1-8(9(16)17)13(6-5-7-14-10(13)18)15-11(19)20-12(2,3)4/h8H,5-7H2,1-4H3,(H,14,18)(H,15,19)(H,16,17)/t8-,13+/m1/s1. The van der Waals surface area contributed by atoms with Crippen LogP contribution in [0.15, 0.2) is 0 Å². The molecule has 1 heterocycles. The molecule has 1 aliphatic rings. The van der Waals surface area contributed by atoms with Gasteiger partial charge in [0.2, 0.25) is 5.91 Å². The molecule has 2 atom stereocenters. The second-order valence-corrected chi connectivity index (χ2v) is 6.02. The summed E-state index contributed by atoms with van der Waals surface area (Å²) in [6, 6.07) is 0. The van der Waals surface area contributed by atoms with E-state index in [1.165, 1.54) is 6.92 Å². The maximum atomic E-state index is 12.1. The molecule has 0 aromatic carbocycles. The normalized spacial score (nSPS) is 24.5. The first-order valence-corrected chi connectivity index (χ1v) is 6.61. The van der Waals surface area contributed by atoms with Gasteiger partial charge in [0.1, 0.15) is 11.1 Å². The molecular weight excluding hydrogens is 264 g/mol. The first kappa shape index (κ1) is 16.3. The number of aliphatic carboxylic acids is 1. The lowest BCUT2D eigenvalue weighted by molar-refractivity contribution is -0.149. The highest BCUT2D eigenvalue weighted by Gasteiger charge is 2.50. The van der Waals surface area contributed by atoms with E-state index in [4.69, 9.17) is 4.74 Å². The number of alkyl carbamates (subject to hydrolysis) is 1. The van der Waals surface area contributed by atoms with Crippen molar-refractivity contribution in [1.82, 2.24) is 10.6 Å². The van der Waals surface area contributed by atoms with Crippen LogP contribution in [0.5, 0.6) is 0 Å². The maximum Gasteiger partial charge on any atom is 0.408 e. The topological polar surface area (TPSA) is 105 Å². The van der Waals surface area contributed by atoms with E-state index in [-0.39, 0.29) is 6.42 Å². The van der Waals surface area contributed by atoms with Crippen LogP contribution in [-0.4, -0.2) is 40.8 Å². The monoisotopic (exact) mass is 286 g/mol. The molecule has 1 rings (SSSR count). The first-order chi connectivity index (χ1) is 9.08. The van der Waals surface area contributed by atoms with Crippen molar-refractivity contribution in [2.45, 2.75) is 51.7 Å². The Kier molecular flexibility index (Phi) is 4.62. The van der Waals surface area contributed by atoms with Crippen molar-refractivity contribution < 1.29 is 24.2 Å². The molecule has 1 saturated heterocycles. The zero-order valence-electron chi connectivity index (χ0n) is 12.3. The third-order valence-electron chi connectivity index (χ3n) is 3.27. The van der Waals surface area contributed by atoms with Gasteiger partial charge in [-0.2, -0.15) is 0 Å². The highest BCUT2D eigenvalue weighted by Crippen LogP contribution is 2.27. The molecule has 0 aliphatic carbocycles. The number of piperidine rings is 1. The van der Waals surface area contributed by atoms with Crippen LogP contribution in [0.2, 0.25) is 0 Å². The highest BCUT2D eigenvalue weighted by molar-refractivity contribution is 5.95. The van der Waals surface area contributed by atoms with Crippen molar-refractivity contribution in [2.24, 2.45) is 5.92 Å². The van der Waals surface area contributed by atoms with Crippen LogP contribution < -0.4 is 10.6 Å². The van der Waals surface area contributed by atoms with E-state index in [1.807, 2.05) is 0 Å². The molecule has 1 fully saturated rings. The Morgan fingerprint density at radius 3 is 2.50 bits per heavy atom. The number of amides is 2. The molecule has 7 heteroatoms. The lowest BCUT2D eigenvalue weighted by Gasteiger charge is -2.39. The Labute approximate surface area is 118 Å². The van der Waals surface area contributed by atoms with Gasteiger partial charge >= 0.3 is 12.1 Å². The van der Waals surface area contributed by atoms with Gasteiger partial charge in [-0.3, -0.25) is 9.59 Å². The summed E-state index contributed by atoms with van der Waals surface area (Å²) in [5.74, 6) is -2.67. The van der Waals surface area contributed by atoms with Gasteiger partial charge in [0.25, 0.3) is 0 Å². The third-order valence-corrected chi connectivity index (χ3v) is 3.27. The number of carbonyl (C=O) groups excluding carboxylic acids is 2. The van der Waals surface area contributed by atoms with Crippen LogP contribution in [0.3, 0.4) is 0 Å². The van der Waals surface area contributed by atoms with E-state index in [1.54, 1.807) is 20.8 Å². The summed E-state index contributed by atoms with van der Waals surface area (Å²) in [5, 5.41) is 14.3. The Morgan fingerprint density at radius 1 is 1.45 bits per heavy atom. The average molecular weight is 286 g/mol. The second kappa shape index (κ2) is 5.68. The Morgan fingerprint density at radius 2 is 2.05 bits per heavy atom.